The molecule has 3 heterocycles. The summed E-state index contributed by atoms with van der Waals surface area (Å²) in [6.45, 7) is 16.8. The molecule has 0 aromatic rings. The molecule has 0 unspecified atom stereocenters. The van der Waals surface area contributed by atoms with E-state index in [0.717, 1.165) is 32.0 Å². The average molecular weight is 322 g/mol. The van der Waals surface area contributed by atoms with Gasteiger partial charge < -0.3 is 9.80 Å². The molecule has 0 atom stereocenters. The lowest BCUT2D eigenvalue weighted by molar-refractivity contribution is -0.136. The van der Waals surface area contributed by atoms with Crippen molar-refractivity contribution in [2.24, 2.45) is 5.92 Å². The minimum Gasteiger partial charge on any atom is -0.342 e. The van der Waals surface area contributed by atoms with E-state index in [9.17, 15) is 4.79 Å². The quantitative estimate of drug-likeness (QED) is 0.771. The van der Waals surface area contributed by atoms with E-state index in [-0.39, 0.29) is 5.92 Å². The lowest BCUT2D eigenvalue weighted by atomic mass is 9.95. The predicted octanol–water partition coefficient (Wildman–Crippen LogP) is 0.955. The van der Waals surface area contributed by atoms with E-state index >= 15 is 0 Å². The number of carbonyl (C=O) groups is 1. The Labute approximate surface area is 141 Å². The first-order valence-corrected chi connectivity index (χ1v) is 9.57. The first-order chi connectivity index (χ1) is 11.1. The number of rotatable bonds is 4. The van der Waals surface area contributed by atoms with E-state index in [1.807, 2.05) is 13.8 Å². The molecular weight excluding hydrogens is 288 g/mol. The highest BCUT2D eigenvalue weighted by Gasteiger charge is 2.38. The molecule has 3 fully saturated rings. The van der Waals surface area contributed by atoms with Gasteiger partial charge in [0.25, 0.3) is 0 Å². The van der Waals surface area contributed by atoms with Crippen LogP contribution in [-0.4, -0.2) is 96.5 Å². The van der Waals surface area contributed by atoms with Gasteiger partial charge in [-0.2, -0.15) is 0 Å². The maximum atomic E-state index is 12.1. The molecule has 3 saturated heterocycles. The molecule has 5 heteroatoms. The van der Waals surface area contributed by atoms with Crippen molar-refractivity contribution >= 4 is 5.91 Å². The Morgan fingerprint density at radius 1 is 0.913 bits per heavy atom. The van der Waals surface area contributed by atoms with Gasteiger partial charge in [0.1, 0.15) is 0 Å². The molecule has 0 saturated carbocycles. The summed E-state index contributed by atoms with van der Waals surface area (Å²) in [6, 6.07) is 1.49. The molecule has 0 radical (unpaired) electrons. The van der Waals surface area contributed by atoms with E-state index in [4.69, 9.17) is 0 Å². The van der Waals surface area contributed by atoms with Crippen molar-refractivity contribution in [3.05, 3.63) is 0 Å². The van der Waals surface area contributed by atoms with Crippen molar-refractivity contribution < 1.29 is 4.79 Å². The SMILES string of the molecule is CCN1CCN(C2CN(C3CCN(C(=O)C(C)C)CC3)C2)CC1. The van der Waals surface area contributed by atoms with Gasteiger partial charge in [-0.1, -0.05) is 20.8 Å². The van der Waals surface area contributed by atoms with E-state index in [0.29, 0.717) is 11.9 Å². The van der Waals surface area contributed by atoms with Gasteiger partial charge in [0.05, 0.1) is 0 Å². The van der Waals surface area contributed by atoms with Crippen molar-refractivity contribution in [3.63, 3.8) is 0 Å². The summed E-state index contributed by atoms with van der Waals surface area (Å²) in [5, 5.41) is 0. The number of hydrogen-bond donors (Lipinski definition) is 0. The third-order valence-corrected chi connectivity index (χ3v) is 6.05. The largest absolute Gasteiger partial charge is 0.342 e. The number of amides is 1. The van der Waals surface area contributed by atoms with Crippen LogP contribution in [0.4, 0.5) is 0 Å². The zero-order valence-electron chi connectivity index (χ0n) is 15.2. The van der Waals surface area contributed by atoms with Gasteiger partial charge in [0, 0.05) is 70.4 Å². The van der Waals surface area contributed by atoms with Crippen LogP contribution in [0.15, 0.2) is 0 Å². The molecule has 0 aliphatic carbocycles. The Bertz CT molecular complexity index is 392. The maximum Gasteiger partial charge on any atom is 0.225 e. The average Bonchev–Trinajstić information content (AvgIpc) is 2.54. The summed E-state index contributed by atoms with van der Waals surface area (Å²) in [4.78, 5) is 22.0. The molecule has 0 aromatic heterocycles. The van der Waals surface area contributed by atoms with Crippen LogP contribution in [0.1, 0.15) is 33.6 Å². The zero-order chi connectivity index (χ0) is 16.4. The van der Waals surface area contributed by atoms with Gasteiger partial charge in [-0.05, 0) is 19.4 Å². The third kappa shape index (κ3) is 3.89. The number of piperidine rings is 1. The number of piperazine rings is 1. The summed E-state index contributed by atoms with van der Waals surface area (Å²) in [6.07, 6.45) is 2.32. The van der Waals surface area contributed by atoms with Crippen LogP contribution in [0.2, 0.25) is 0 Å². The standard InChI is InChI=1S/C18H34N4O/c1-4-19-9-11-20(12-10-19)17-13-22(14-17)16-5-7-21(8-6-16)18(23)15(2)3/h15-17H,4-14H2,1-3H3. The highest BCUT2D eigenvalue weighted by molar-refractivity contribution is 5.78. The van der Waals surface area contributed by atoms with Gasteiger partial charge >= 0.3 is 0 Å². The minimum absolute atomic E-state index is 0.140. The summed E-state index contributed by atoms with van der Waals surface area (Å²) < 4.78 is 0. The molecule has 5 nitrogen and oxygen atoms in total. The predicted molar refractivity (Wildman–Crippen MR) is 93.5 cm³/mol. The Morgan fingerprint density at radius 3 is 2.04 bits per heavy atom. The number of hydrogen-bond acceptors (Lipinski definition) is 4. The molecule has 132 valence electrons. The normalized spacial score (nSPS) is 26.7. The van der Waals surface area contributed by atoms with Crippen LogP contribution in [0.5, 0.6) is 0 Å². The smallest absolute Gasteiger partial charge is 0.225 e. The summed E-state index contributed by atoms with van der Waals surface area (Å²) in [5.74, 6) is 0.473. The fourth-order valence-corrected chi connectivity index (χ4v) is 4.28. The van der Waals surface area contributed by atoms with Gasteiger partial charge in [0.15, 0.2) is 0 Å². The zero-order valence-corrected chi connectivity index (χ0v) is 15.2. The fraction of sp³-hybridized carbons (Fsp3) is 0.944. The third-order valence-electron chi connectivity index (χ3n) is 6.05. The van der Waals surface area contributed by atoms with E-state index in [1.165, 1.54) is 45.8 Å². The van der Waals surface area contributed by atoms with Crippen LogP contribution < -0.4 is 0 Å². The number of likely N-dealkylation sites (N-methyl/N-ethyl adjacent to an activating group) is 1. The lowest BCUT2D eigenvalue weighted by Crippen LogP contribution is -2.66. The van der Waals surface area contributed by atoms with Crippen molar-refractivity contribution in [1.82, 2.24) is 19.6 Å². The van der Waals surface area contributed by atoms with Crippen LogP contribution in [0.3, 0.4) is 0 Å². The molecule has 0 spiro atoms. The summed E-state index contributed by atoms with van der Waals surface area (Å²) in [5.41, 5.74) is 0. The second kappa shape index (κ2) is 7.49. The second-order valence-corrected chi connectivity index (χ2v) is 7.79. The van der Waals surface area contributed by atoms with Gasteiger partial charge in [-0.3, -0.25) is 14.6 Å². The maximum absolute atomic E-state index is 12.1. The highest BCUT2D eigenvalue weighted by Crippen LogP contribution is 2.25. The molecule has 0 bridgehead atoms. The second-order valence-electron chi connectivity index (χ2n) is 7.79. The van der Waals surface area contributed by atoms with Crippen LogP contribution >= 0.6 is 0 Å². The van der Waals surface area contributed by atoms with Crippen molar-refractivity contribution in [2.45, 2.75) is 45.7 Å². The topological polar surface area (TPSA) is 30.0 Å². The van der Waals surface area contributed by atoms with Crippen molar-refractivity contribution in [3.8, 4) is 0 Å². The molecule has 0 N–H and O–H groups in total. The molecule has 1 amide bonds. The number of nitrogens with zero attached hydrogens (tertiary/aromatic N) is 4. The van der Waals surface area contributed by atoms with Crippen LogP contribution in [0, 0.1) is 5.92 Å². The molecule has 23 heavy (non-hydrogen) atoms. The molecular formula is C18H34N4O. The summed E-state index contributed by atoms with van der Waals surface area (Å²) >= 11 is 0. The molecule has 0 aromatic carbocycles. The van der Waals surface area contributed by atoms with Gasteiger partial charge in [0.2, 0.25) is 5.91 Å². The van der Waals surface area contributed by atoms with Crippen LogP contribution in [0.25, 0.3) is 0 Å². The van der Waals surface area contributed by atoms with Crippen molar-refractivity contribution in [2.75, 3.05) is 58.9 Å². The monoisotopic (exact) mass is 322 g/mol. The molecule has 3 aliphatic rings. The Kier molecular flexibility index (Phi) is 5.60. The van der Waals surface area contributed by atoms with E-state index in [2.05, 4.69) is 26.5 Å². The fourth-order valence-electron chi connectivity index (χ4n) is 4.28. The Hall–Kier alpha value is -0.650. The number of carbonyl (C=O) groups excluding carboxylic acids is 1. The molecule has 3 aliphatic heterocycles. The van der Waals surface area contributed by atoms with Gasteiger partial charge in [-0.25, -0.2) is 0 Å². The van der Waals surface area contributed by atoms with E-state index < -0.39 is 0 Å². The Morgan fingerprint density at radius 2 is 1.52 bits per heavy atom. The van der Waals surface area contributed by atoms with Crippen molar-refractivity contribution in [1.29, 1.82) is 0 Å². The van der Waals surface area contributed by atoms with E-state index in [1.54, 1.807) is 0 Å². The summed E-state index contributed by atoms with van der Waals surface area (Å²) in [7, 11) is 0. The highest BCUT2D eigenvalue weighted by atomic mass is 16.2. The lowest BCUT2D eigenvalue weighted by Gasteiger charge is -2.52. The molecule has 3 rings (SSSR count). The first-order valence-electron chi connectivity index (χ1n) is 9.57. The first kappa shape index (κ1) is 17.2. The minimum atomic E-state index is 0.140. The number of likely N-dealkylation sites (tertiary alicyclic amines) is 2. The Balaban J connectivity index is 1.37. The van der Waals surface area contributed by atoms with Crippen LogP contribution in [-0.2, 0) is 4.79 Å². The van der Waals surface area contributed by atoms with Gasteiger partial charge in [-0.15, -0.1) is 0 Å².